The molecular formula is C11H15N3OS. The van der Waals surface area contributed by atoms with Crippen LogP contribution in [-0.4, -0.2) is 17.4 Å². The molecule has 0 unspecified atom stereocenters. The number of thiazole rings is 1. The number of hydrogen-bond donors (Lipinski definition) is 2. The molecule has 16 heavy (non-hydrogen) atoms. The van der Waals surface area contributed by atoms with Crippen LogP contribution in [0.4, 0.5) is 5.13 Å². The van der Waals surface area contributed by atoms with Gasteiger partial charge in [-0.15, -0.1) is 17.9 Å². The van der Waals surface area contributed by atoms with E-state index in [0.29, 0.717) is 12.8 Å². The van der Waals surface area contributed by atoms with Gasteiger partial charge < -0.3 is 10.6 Å². The first-order valence-electron chi connectivity index (χ1n) is 5.39. The normalized spacial score (nSPS) is 14.2. The Kier molecular flexibility index (Phi) is 3.69. The van der Waals surface area contributed by atoms with Crippen molar-refractivity contribution >= 4 is 22.4 Å². The minimum atomic E-state index is 0.0129. The van der Waals surface area contributed by atoms with Gasteiger partial charge in [-0.2, -0.15) is 0 Å². The Morgan fingerprint density at radius 2 is 2.56 bits per heavy atom. The van der Waals surface area contributed by atoms with E-state index in [-0.39, 0.29) is 5.91 Å². The molecule has 2 heterocycles. The number of nitrogens with one attached hydrogen (secondary N) is 2. The number of nitrogens with zero attached hydrogens (tertiary/aromatic N) is 1. The third kappa shape index (κ3) is 2.68. The molecule has 1 aliphatic heterocycles. The summed E-state index contributed by atoms with van der Waals surface area (Å²) in [6.45, 7) is 5.43. The van der Waals surface area contributed by atoms with E-state index in [4.69, 9.17) is 0 Å². The van der Waals surface area contributed by atoms with Gasteiger partial charge in [0.1, 0.15) is 0 Å². The second-order valence-electron chi connectivity index (χ2n) is 3.69. The monoisotopic (exact) mass is 237 g/mol. The van der Waals surface area contributed by atoms with Crippen LogP contribution in [0.5, 0.6) is 0 Å². The SMILES string of the molecule is C=CCCC(=O)Nc1nc2c(s1)CNCC2. The van der Waals surface area contributed by atoms with Crippen LogP contribution in [0.1, 0.15) is 23.4 Å². The number of amides is 1. The summed E-state index contributed by atoms with van der Waals surface area (Å²) in [4.78, 5) is 17.1. The molecule has 0 saturated carbocycles. The van der Waals surface area contributed by atoms with Gasteiger partial charge in [0.2, 0.25) is 5.91 Å². The first-order chi connectivity index (χ1) is 7.79. The van der Waals surface area contributed by atoms with Crippen LogP contribution in [0.15, 0.2) is 12.7 Å². The van der Waals surface area contributed by atoms with E-state index < -0.39 is 0 Å². The van der Waals surface area contributed by atoms with Crippen molar-refractivity contribution in [3.63, 3.8) is 0 Å². The van der Waals surface area contributed by atoms with Crippen molar-refractivity contribution in [1.29, 1.82) is 0 Å². The van der Waals surface area contributed by atoms with Crippen LogP contribution in [0, 0.1) is 0 Å². The van der Waals surface area contributed by atoms with Gasteiger partial charge in [-0.1, -0.05) is 6.08 Å². The van der Waals surface area contributed by atoms with Gasteiger partial charge in [-0.05, 0) is 6.42 Å². The number of carbonyl (C=O) groups excluding carboxylic acids is 1. The molecule has 0 bridgehead atoms. The van der Waals surface area contributed by atoms with Crippen LogP contribution < -0.4 is 10.6 Å². The van der Waals surface area contributed by atoms with Crippen LogP contribution in [0.25, 0.3) is 0 Å². The Hall–Kier alpha value is -1.20. The van der Waals surface area contributed by atoms with Crippen molar-refractivity contribution in [2.24, 2.45) is 0 Å². The summed E-state index contributed by atoms with van der Waals surface area (Å²) in [6, 6.07) is 0. The molecule has 1 amide bonds. The predicted octanol–water partition coefficient (Wildman–Crippen LogP) is 1.69. The van der Waals surface area contributed by atoms with E-state index in [9.17, 15) is 4.79 Å². The zero-order valence-electron chi connectivity index (χ0n) is 9.08. The molecule has 0 fully saturated rings. The third-order valence-corrected chi connectivity index (χ3v) is 3.44. The maximum absolute atomic E-state index is 11.5. The van der Waals surface area contributed by atoms with Crippen molar-refractivity contribution in [3.05, 3.63) is 23.2 Å². The second kappa shape index (κ2) is 5.23. The molecule has 0 aliphatic carbocycles. The topological polar surface area (TPSA) is 54.0 Å². The highest BCUT2D eigenvalue weighted by atomic mass is 32.1. The van der Waals surface area contributed by atoms with Crippen LogP contribution in [0.2, 0.25) is 0 Å². The smallest absolute Gasteiger partial charge is 0.226 e. The van der Waals surface area contributed by atoms with E-state index in [1.165, 1.54) is 4.88 Å². The molecule has 0 aromatic carbocycles. The highest BCUT2D eigenvalue weighted by molar-refractivity contribution is 7.15. The Balaban J connectivity index is 1.96. The molecule has 2 rings (SSSR count). The van der Waals surface area contributed by atoms with Crippen molar-refractivity contribution in [2.45, 2.75) is 25.8 Å². The molecule has 4 nitrogen and oxygen atoms in total. The summed E-state index contributed by atoms with van der Waals surface area (Å²) in [5.41, 5.74) is 1.13. The first-order valence-corrected chi connectivity index (χ1v) is 6.21. The molecule has 0 saturated heterocycles. The lowest BCUT2D eigenvalue weighted by Crippen LogP contribution is -2.22. The number of rotatable bonds is 4. The number of aromatic nitrogens is 1. The molecule has 1 aliphatic rings. The fourth-order valence-corrected chi connectivity index (χ4v) is 2.59. The summed E-state index contributed by atoms with van der Waals surface area (Å²) in [7, 11) is 0. The maximum atomic E-state index is 11.5. The number of carbonyl (C=O) groups is 1. The van der Waals surface area contributed by atoms with Crippen molar-refractivity contribution in [3.8, 4) is 0 Å². The molecule has 5 heteroatoms. The lowest BCUT2D eigenvalue weighted by atomic mass is 10.2. The van der Waals surface area contributed by atoms with Gasteiger partial charge in [0, 0.05) is 30.8 Å². The van der Waals surface area contributed by atoms with E-state index in [0.717, 1.165) is 30.3 Å². The molecule has 2 N–H and O–H groups in total. The first kappa shape index (κ1) is 11.3. The summed E-state index contributed by atoms with van der Waals surface area (Å²) in [6.07, 6.45) is 3.88. The number of anilines is 1. The Morgan fingerprint density at radius 1 is 1.69 bits per heavy atom. The molecule has 1 aromatic rings. The highest BCUT2D eigenvalue weighted by Crippen LogP contribution is 2.25. The molecule has 0 spiro atoms. The second-order valence-corrected chi connectivity index (χ2v) is 4.77. The maximum Gasteiger partial charge on any atom is 0.226 e. The number of fused-ring (bicyclic) bond motifs is 1. The van der Waals surface area contributed by atoms with Gasteiger partial charge >= 0.3 is 0 Å². The Bertz CT molecular complexity index is 376. The highest BCUT2D eigenvalue weighted by Gasteiger charge is 2.15. The summed E-state index contributed by atoms with van der Waals surface area (Å²) in [5, 5.41) is 6.84. The Labute approximate surface area is 98.8 Å². The van der Waals surface area contributed by atoms with Crippen molar-refractivity contribution in [2.75, 3.05) is 11.9 Å². The zero-order valence-corrected chi connectivity index (χ0v) is 9.90. The van der Waals surface area contributed by atoms with E-state index in [2.05, 4.69) is 22.2 Å². The van der Waals surface area contributed by atoms with Gasteiger partial charge in [0.15, 0.2) is 5.13 Å². The van der Waals surface area contributed by atoms with Crippen LogP contribution in [-0.2, 0) is 17.8 Å². The fourth-order valence-electron chi connectivity index (χ4n) is 1.59. The fraction of sp³-hybridized carbons (Fsp3) is 0.455. The molecule has 0 atom stereocenters. The van der Waals surface area contributed by atoms with E-state index >= 15 is 0 Å². The van der Waals surface area contributed by atoms with Crippen LogP contribution in [0.3, 0.4) is 0 Å². The minimum Gasteiger partial charge on any atom is -0.311 e. The summed E-state index contributed by atoms with van der Waals surface area (Å²) in [5.74, 6) is 0.0129. The average molecular weight is 237 g/mol. The molecule has 1 aromatic heterocycles. The number of hydrogen-bond acceptors (Lipinski definition) is 4. The van der Waals surface area contributed by atoms with Gasteiger partial charge in [0.05, 0.1) is 5.69 Å². The largest absolute Gasteiger partial charge is 0.311 e. The molecular weight excluding hydrogens is 222 g/mol. The molecule has 0 radical (unpaired) electrons. The van der Waals surface area contributed by atoms with E-state index in [1.807, 2.05) is 0 Å². The van der Waals surface area contributed by atoms with Crippen molar-refractivity contribution < 1.29 is 4.79 Å². The predicted molar refractivity (Wildman–Crippen MR) is 65.6 cm³/mol. The summed E-state index contributed by atoms with van der Waals surface area (Å²) >= 11 is 1.57. The summed E-state index contributed by atoms with van der Waals surface area (Å²) < 4.78 is 0. The minimum absolute atomic E-state index is 0.0129. The number of allylic oxidation sites excluding steroid dienone is 1. The third-order valence-electron chi connectivity index (χ3n) is 2.42. The standard InChI is InChI=1S/C11H15N3OS/c1-2-3-4-10(15)14-11-13-8-5-6-12-7-9(8)16-11/h2,12H,1,3-7H2,(H,13,14,15). The van der Waals surface area contributed by atoms with Gasteiger partial charge in [-0.3, -0.25) is 4.79 Å². The van der Waals surface area contributed by atoms with Crippen LogP contribution >= 0.6 is 11.3 Å². The Morgan fingerprint density at radius 3 is 3.31 bits per heavy atom. The lowest BCUT2D eigenvalue weighted by molar-refractivity contribution is -0.116. The molecule has 86 valence electrons. The van der Waals surface area contributed by atoms with E-state index in [1.54, 1.807) is 17.4 Å². The quantitative estimate of drug-likeness (QED) is 0.784. The van der Waals surface area contributed by atoms with Gasteiger partial charge in [0.25, 0.3) is 0 Å². The average Bonchev–Trinajstić information content (AvgIpc) is 2.68. The lowest BCUT2D eigenvalue weighted by Gasteiger charge is -2.09. The van der Waals surface area contributed by atoms with Crippen molar-refractivity contribution in [1.82, 2.24) is 10.3 Å². The zero-order chi connectivity index (χ0) is 11.4. The van der Waals surface area contributed by atoms with Gasteiger partial charge in [-0.25, -0.2) is 4.98 Å².